The lowest BCUT2D eigenvalue weighted by Gasteiger charge is -2.06. The van der Waals surface area contributed by atoms with Crippen molar-refractivity contribution in [3.8, 4) is 11.5 Å². The van der Waals surface area contributed by atoms with Gasteiger partial charge in [0.2, 0.25) is 0 Å². The summed E-state index contributed by atoms with van der Waals surface area (Å²) in [5.74, 6) is 1.51. The number of carbonyl (C=O) groups excluding carboxylic acids is 1. The Bertz CT molecular complexity index is 717. The smallest absolute Gasteiger partial charge is 0.193 e. The number of ether oxygens (including phenoxy) is 1. The molecule has 0 bridgehead atoms. The molecule has 0 fully saturated rings. The molecule has 0 aliphatic carbocycles. The minimum Gasteiger partial charge on any atom is -0.457 e. The third-order valence-corrected chi connectivity index (χ3v) is 3.13. The van der Waals surface area contributed by atoms with Gasteiger partial charge in [-0.15, -0.1) is 0 Å². The molecule has 0 saturated heterocycles. The highest BCUT2D eigenvalue weighted by Crippen LogP contribution is 2.22. The van der Waals surface area contributed by atoms with E-state index in [-0.39, 0.29) is 13.2 Å². The first-order valence-corrected chi connectivity index (χ1v) is 6.76. The number of rotatable bonds is 4. The largest absolute Gasteiger partial charge is 0.457 e. The van der Waals surface area contributed by atoms with E-state index >= 15 is 0 Å². The third-order valence-electron chi connectivity index (χ3n) is 3.13. The van der Waals surface area contributed by atoms with Crippen molar-refractivity contribution in [3.63, 3.8) is 0 Å². The van der Waals surface area contributed by atoms with Gasteiger partial charge in [0.15, 0.2) is 5.78 Å². The van der Waals surface area contributed by atoms with Crippen molar-refractivity contribution in [1.82, 2.24) is 0 Å². The Labute approximate surface area is 131 Å². The predicted molar refractivity (Wildman–Crippen MR) is 89.6 cm³/mol. The van der Waals surface area contributed by atoms with Crippen LogP contribution in [0.3, 0.4) is 0 Å². The molecule has 110 valence electrons. The van der Waals surface area contributed by atoms with E-state index in [1.165, 1.54) is 0 Å². The summed E-state index contributed by atoms with van der Waals surface area (Å²) < 4.78 is 5.71. The molecule has 0 aliphatic rings. The second-order valence-corrected chi connectivity index (χ2v) is 4.63. The average molecular weight is 290 g/mol. The fourth-order valence-electron chi connectivity index (χ4n) is 2.06. The minimum atomic E-state index is 0. The third kappa shape index (κ3) is 3.61. The van der Waals surface area contributed by atoms with Crippen molar-refractivity contribution in [2.24, 2.45) is 0 Å². The van der Waals surface area contributed by atoms with E-state index in [1.807, 2.05) is 72.8 Å². The quantitative estimate of drug-likeness (QED) is 0.606. The summed E-state index contributed by atoms with van der Waals surface area (Å²) in [5.41, 5.74) is 1.34. The molecule has 22 heavy (non-hydrogen) atoms. The van der Waals surface area contributed by atoms with Gasteiger partial charge in [0.1, 0.15) is 11.5 Å². The van der Waals surface area contributed by atoms with Crippen LogP contribution in [0.15, 0.2) is 84.9 Å². The summed E-state index contributed by atoms with van der Waals surface area (Å²) in [6, 6.07) is 26.0. The number of benzene rings is 3. The highest BCUT2D eigenvalue weighted by Gasteiger charge is 2.08. The zero-order valence-electron chi connectivity index (χ0n) is 11.4. The van der Waals surface area contributed by atoms with Crippen LogP contribution < -0.4 is 4.74 Å². The Morgan fingerprint density at radius 3 is 1.64 bits per heavy atom. The van der Waals surface area contributed by atoms with Crippen LogP contribution in [0.2, 0.25) is 0 Å². The average Bonchev–Trinajstić information content (AvgIpc) is 2.57. The van der Waals surface area contributed by atoms with Crippen LogP contribution in [0.4, 0.5) is 0 Å². The van der Waals surface area contributed by atoms with Crippen molar-refractivity contribution in [2.75, 3.05) is 0 Å². The molecule has 0 atom stereocenters. The van der Waals surface area contributed by atoms with Gasteiger partial charge in [0.25, 0.3) is 0 Å². The molecule has 0 aromatic heterocycles. The fourth-order valence-corrected chi connectivity index (χ4v) is 2.06. The Kier molecular flexibility index (Phi) is 5.10. The fraction of sp³-hybridized carbons (Fsp3) is 0.0500. The van der Waals surface area contributed by atoms with E-state index in [9.17, 15) is 4.79 Å². The predicted octanol–water partition coefficient (Wildman–Crippen LogP) is 5.35. The molecule has 0 spiro atoms. The van der Waals surface area contributed by atoms with Crippen LogP contribution in [0.25, 0.3) is 0 Å². The number of ketones is 1. The van der Waals surface area contributed by atoms with Crippen molar-refractivity contribution in [1.29, 1.82) is 0 Å². The van der Waals surface area contributed by atoms with E-state index in [1.54, 1.807) is 12.1 Å². The summed E-state index contributed by atoms with van der Waals surface area (Å²) >= 11 is 0. The zero-order valence-corrected chi connectivity index (χ0v) is 11.4. The summed E-state index contributed by atoms with van der Waals surface area (Å²) in [7, 11) is 0. The van der Waals surface area contributed by atoms with Gasteiger partial charge >= 0.3 is 0 Å². The molecule has 0 unspecified atom stereocenters. The van der Waals surface area contributed by atoms with Crippen molar-refractivity contribution < 1.29 is 9.53 Å². The number of hydrogen-bond acceptors (Lipinski definition) is 2. The molecule has 0 N–H and O–H groups in total. The summed E-state index contributed by atoms with van der Waals surface area (Å²) in [5, 5.41) is 0. The summed E-state index contributed by atoms with van der Waals surface area (Å²) in [6.45, 7) is 0. The molecule has 3 rings (SSSR count). The first-order chi connectivity index (χ1) is 10.3. The molecular formula is C20H18O2. The molecule has 2 nitrogen and oxygen atoms in total. The second kappa shape index (κ2) is 7.23. The normalized spacial score (nSPS) is 9.64. The molecule has 0 radical (unpaired) electrons. The highest BCUT2D eigenvalue weighted by atomic mass is 16.5. The van der Waals surface area contributed by atoms with Crippen LogP contribution in [0, 0.1) is 0 Å². The van der Waals surface area contributed by atoms with Gasteiger partial charge in [-0.25, -0.2) is 0 Å². The van der Waals surface area contributed by atoms with Crippen molar-refractivity contribution in [3.05, 3.63) is 96.1 Å². The lowest BCUT2D eigenvalue weighted by Crippen LogP contribution is -2.00. The first kappa shape index (κ1) is 15.5. The Morgan fingerprint density at radius 1 is 0.591 bits per heavy atom. The maximum absolute atomic E-state index is 12.3. The van der Waals surface area contributed by atoms with E-state index in [4.69, 9.17) is 4.74 Å². The topological polar surface area (TPSA) is 26.3 Å². The molecule has 0 amide bonds. The molecular weight excluding hydrogens is 272 g/mol. The molecule has 0 heterocycles. The van der Waals surface area contributed by atoms with Gasteiger partial charge in [-0.2, -0.15) is 0 Å². The van der Waals surface area contributed by atoms with Crippen LogP contribution in [-0.4, -0.2) is 5.78 Å². The van der Waals surface area contributed by atoms with E-state index < -0.39 is 0 Å². The molecule has 2 heteroatoms. The van der Waals surface area contributed by atoms with Gasteiger partial charge in [0.05, 0.1) is 0 Å². The van der Waals surface area contributed by atoms with Crippen LogP contribution in [0.1, 0.15) is 23.3 Å². The molecule has 3 aromatic carbocycles. The number of hydrogen-bond donors (Lipinski definition) is 0. The molecule has 3 aromatic rings. The van der Waals surface area contributed by atoms with Gasteiger partial charge in [0, 0.05) is 11.1 Å². The Balaban J connectivity index is 0.00000176. The van der Waals surface area contributed by atoms with Crippen LogP contribution in [0.5, 0.6) is 11.5 Å². The molecule has 0 saturated carbocycles. The van der Waals surface area contributed by atoms with Crippen LogP contribution >= 0.6 is 0 Å². The number of para-hydroxylation sites is 1. The maximum Gasteiger partial charge on any atom is 0.193 e. The number of carbonyl (C=O) groups is 1. The van der Waals surface area contributed by atoms with E-state index in [2.05, 4.69) is 0 Å². The SMILES string of the molecule is C.O=C(c1ccccc1)c1ccc(Oc2ccccc2)cc1. The monoisotopic (exact) mass is 290 g/mol. The van der Waals surface area contributed by atoms with Gasteiger partial charge in [-0.05, 0) is 36.4 Å². The lowest BCUT2D eigenvalue weighted by molar-refractivity contribution is 0.103. The van der Waals surface area contributed by atoms with Gasteiger partial charge < -0.3 is 4.74 Å². The Hall–Kier alpha value is -2.87. The summed E-state index contributed by atoms with van der Waals surface area (Å²) in [6.07, 6.45) is 0. The minimum absolute atomic E-state index is 0. The van der Waals surface area contributed by atoms with Crippen molar-refractivity contribution >= 4 is 5.78 Å². The standard InChI is InChI=1S/C19H14O2.CH4/c20-19(15-7-3-1-4-8-15)16-11-13-18(14-12-16)21-17-9-5-2-6-10-17;/h1-14H;1H4. The summed E-state index contributed by atoms with van der Waals surface area (Å²) in [4.78, 5) is 12.3. The molecule has 0 aliphatic heterocycles. The lowest BCUT2D eigenvalue weighted by atomic mass is 10.0. The van der Waals surface area contributed by atoms with E-state index in [0.29, 0.717) is 16.9 Å². The van der Waals surface area contributed by atoms with E-state index in [0.717, 1.165) is 5.75 Å². The van der Waals surface area contributed by atoms with Crippen molar-refractivity contribution in [2.45, 2.75) is 7.43 Å². The van der Waals surface area contributed by atoms with Gasteiger partial charge in [-0.3, -0.25) is 4.79 Å². The zero-order chi connectivity index (χ0) is 14.5. The Morgan fingerprint density at radius 2 is 1.05 bits per heavy atom. The maximum atomic E-state index is 12.3. The van der Waals surface area contributed by atoms with Crippen LogP contribution in [-0.2, 0) is 0 Å². The highest BCUT2D eigenvalue weighted by molar-refractivity contribution is 6.08. The van der Waals surface area contributed by atoms with Gasteiger partial charge in [-0.1, -0.05) is 56.0 Å². The first-order valence-electron chi connectivity index (χ1n) is 6.76. The second-order valence-electron chi connectivity index (χ2n) is 4.63.